The van der Waals surface area contributed by atoms with Crippen LogP contribution in [0.4, 0.5) is 0 Å². The van der Waals surface area contributed by atoms with E-state index in [9.17, 15) is 4.79 Å². The van der Waals surface area contributed by atoms with Gasteiger partial charge in [-0.05, 0) is 49.4 Å². The molecule has 30 heavy (non-hydrogen) atoms. The Bertz CT molecular complexity index is 1100. The van der Waals surface area contributed by atoms with Crippen LogP contribution in [0.3, 0.4) is 0 Å². The van der Waals surface area contributed by atoms with Crippen LogP contribution < -0.4 is 5.32 Å². The number of nitrogens with zero attached hydrogens (tertiary/aromatic N) is 4. The van der Waals surface area contributed by atoms with E-state index in [1.54, 1.807) is 17.5 Å². The number of aryl methyl sites for hydroxylation is 2. The summed E-state index contributed by atoms with van der Waals surface area (Å²) < 4.78 is 7.30. The van der Waals surface area contributed by atoms with Crippen molar-refractivity contribution in [2.75, 3.05) is 0 Å². The van der Waals surface area contributed by atoms with Crippen LogP contribution in [0, 0.1) is 6.92 Å². The van der Waals surface area contributed by atoms with E-state index in [0.29, 0.717) is 31.0 Å². The Kier molecular flexibility index (Phi) is 6.04. The van der Waals surface area contributed by atoms with Gasteiger partial charge in [0.25, 0.3) is 0 Å². The number of carbonyl (C=O) groups excluding carboxylic acids is 1. The molecule has 0 spiro atoms. The predicted molar refractivity (Wildman–Crippen MR) is 115 cm³/mol. The number of carbonyl (C=O) groups is 1. The van der Waals surface area contributed by atoms with Gasteiger partial charge in [-0.1, -0.05) is 23.4 Å². The first-order chi connectivity index (χ1) is 14.6. The fourth-order valence-corrected chi connectivity index (χ4v) is 3.88. The highest BCUT2D eigenvalue weighted by Crippen LogP contribution is 2.22. The zero-order valence-corrected chi connectivity index (χ0v) is 17.7. The van der Waals surface area contributed by atoms with Crippen molar-refractivity contribution in [2.45, 2.75) is 39.2 Å². The third-order valence-corrected chi connectivity index (χ3v) is 5.74. The number of benzene rings is 1. The smallest absolute Gasteiger partial charge is 0.226 e. The molecular formula is C22H23N5O2S. The Hall–Kier alpha value is -3.26. The molecule has 0 radical (unpaired) electrons. The molecule has 4 rings (SSSR count). The van der Waals surface area contributed by atoms with Gasteiger partial charge in [0.15, 0.2) is 0 Å². The van der Waals surface area contributed by atoms with Gasteiger partial charge in [0, 0.05) is 30.9 Å². The van der Waals surface area contributed by atoms with Gasteiger partial charge in [0.2, 0.25) is 17.6 Å². The first-order valence-corrected chi connectivity index (χ1v) is 10.7. The first kappa shape index (κ1) is 20.0. The van der Waals surface area contributed by atoms with Crippen LogP contribution in [0.25, 0.3) is 16.4 Å². The molecule has 0 aliphatic rings. The molecule has 0 aliphatic heterocycles. The van der Waals surface area contributed by atoms with Crippen molar-refractivity contribution in [1.82, 2.24) is 25.0 Å². The summed E-state index contributed by atoms with van der Waals surface area (Å²) in [6.07, 6.45) is 5.36. The summed E-state index contributed by atoms with van der Waals surface area (Å²) in [6, 6.07) is 12.0. The monoisotopic (exact) mass is 421 g/mol. The summed E-state index contributed by atoms with van der Waals surface area (Å²) in [6.45, 7) is 3.95. The van der Waals surface area contributed by atoms with Gasteiger partial charge >= 0.3 is 0 Å². The van der Waals surface area contributed by atoms with Crippen molar-refractivity contribution in [3.63, 3.8) is 0 Å². The molecule has 1 atom stereocenters. The molecule has 0 aliphatic carbocycles. The van der Waals surface area contributed by atoms with Crippen molar-refractivity contribution in [3.8, 4) is 16.4 Å². The first-order valence-electron chi connectivity index (χ1n) is 9.86. The highest BCUT2D eigenvalue weighted by Gasteiger charge is 2.12. The minimum absolute atomic E-state index is 0.00928. The Morgan fingerprint density at radius 3 is 2.80 bits per heavy atom. The molecule has 0 saturated carbocycles. The molecule has 154 valence electrons. The molecule has 0 unspecified atom stereocenters. The maximum atomic E-state index is 12.3. The lowest BCUT2D eigenvalue weighted by molar-refractivity contribution is -0.121. The standard InChI is InChI=1S/C22H23N5O2S/c1-15(17-8-10-18(11-9-17)27-13-12-23-16(27)2)24-20(28)6-3-7-21-25-22(26-29-21)19-5-4-14-30-19/h4-5,8-15H,3,6-7H2,1-2H3,(H,24,28)/t15-/m1/s1. The average molecular weight is 422 g/mol. The van der Waals surface area contributed by atoms with Gasteiger partial charge < -0.3 is 14.4 Å². The molecule has 1 N–H and O–H groups in total. The van der Waals surface area contributed by atoms with Crippen LogP contribution in [0.5, 0.6) is 0 Å². The van der Waals surface area contributed by atoms with E-state index in [2.05, 4.69) is 20.4 Å². The molecule has 1 amide bonds. The number of hydrogen-bond donors (Lipinski definition) is 1. The van der Waals surface area contributed by atoms with E-state index >= 15 is 0 Å². The summed E-state index contributed by atoms with van der Waals surface area (Å²) in [5, 5.41) is 9.02. The summed E-state index contributed by atoms with van der Waals surface area (Å²) in [5.41, 5.74) is 2.11. The Morgan fingerprint density at radius 1 is 1.27 bits per heavy atom. The summed E-state index contributed by atoms with van der Waals surface area (Å²) in [7, 11) is 0. The topological polar surface area (TPSA) is 85.8 Å². The van der Waals surface area contributed by atoms with Crippen molar-refractivity contribution >= 4 is 17.2 Å². The van der Waals surface area contributed by atoms with Crippen molar-refractivity contribution in [2.24, 2.45) is 0 Å². The minimum Gasteiger partial charge on any atom is -0.350 e. The third kappa shape index (κ3) is 4.65. The van der Waals surface area contributed by atoms with E-state index in [1.807, 2.05) is 66.4 Å². The zero-order valence-electron chi connectivity index (χ0n) is 16.9. The molecule has 0 fully saturated rings. The maximum Gasteiger partial charge on any atom is 0.226 e. The highest BCUT2D eigenvalue weighted by molar-refractivity contribution is 7.13. The second-order valence-electron chi connectivity index (χ2n) is 7.07. The molecule has 8 heteroatoms. The summed E-state index contributed by atoms with van der Waals surface area (Å²) in [4.78, 5) is 21.9. The van der Waals surface area contributed by atoms with Crippen molar-refractivity contribution < 1.29 is 9.32 Å². The van der Waals surface area contributed by atoms with Crippen LogP contribution >= 0.6 is 11.3 Å². The number of amides is 1. The van der Waals surface area contributed by atoms with E-state index in [1.165, 1.54) is 0 Å². The van der Waals surface area contributed by atoms with Gasteiger partial charge in [-0.15, -0.1) is 11.3 Å². The number of thiophene rings is 1. The van der Waals surface area contributed by atoms with Crippen LogP contribution in [-0.2, 0) is 11.2 Å². The van der Waals surface area contributed by atoms with Crippen LogP contribution in [-0.4, -0.2) is 25.6 Å². The lowest BCUT2D eigenvalue weighted by Crippen LogP contribution is -2.26. The second kappa shape index (κ2) is 9.04. The fraction of sp³-hybridized carbons (Fsp3) is 0.273. The summed E-state index contributed by atoms with van der Waals surface area (Å²) >= 11 is 1.57. The van der Waals surface area contributed by atoms with Crippen LogP contribution in [0.1, 0.15) is 43.1 Å². The highest BCUT2D eigenvalue weighted by atomic mass is 32.1. The largest absolute Gasteiger partial charge is 0.350 e. The van der Waals surface area contributed by atoms with Gasteiger partial charge in [0.1, 0.15) is 5.82 Å². The summed E-state index contributed by atoms with van der Waals surface area (Å²) in [5.74, 6) is 2.11. The predicted octanol–water partition coefficient (Wildman–Crippen LogP) is 4.49. The second-order valence-corrected chi connectivity index (χ2v) is 8.02. The SMILES string of the molecule is Cc1nccn1-c1ccc([C@@H](C)NC(=O)CCCc2nc(-c3cccs3)no2)cc1. The van der Waals surface area contributed by atoms with Crippen LogP contribution in [0.15, 0.2) is 58.7 Å². The van der Waals surface area contributed by atoms with Crippen molar-refractivity contribution in [1.29, 1.82) is 0 Å². The van der Waals surface area contributed by atoms with Crippen molar-refractivity contribution in [3.05, 3.63) is 71.5 Å². The quantitative estimate of drug-likeness (QED) is 0.453. The zero-order chi connectivity index (χ0) is 20.9. The van der Waals surface area contributed by atoms with Gasteiger partial charge in [-0.2, -0.15) is 4.98 Å². The van der Waals surface area contributed by atoms with E-state index in [4.69, 9.17) is 4.52 Å². The fourth-order valence-electron chi connectivity index (χ4n) is 3.23. The molecule has 0 saturated heterocycles. The molecule has 3 heterocycles. The Morgan fingerprint density at radius 2 is 2.10 bits per heavy atom. The number of rotatable bonds is 8. The van der Waals surface area contributed by atoms with E-state index < -0.39 is 0 Å². The van der Waals surface area contributed by atoms with Gasteiger partial charge in [0.05, 0.1) is 10.9 Å². The van der Waals surface area contributed by atoms with Gasteiger partial charge in [-0.3, -0.25) is 4.79 Å². The average Bonchev–Trinajstić information content (AvgIpc) is 3.50. The molecule has 3 aromatic heterocycles. The van der Waals surface area contributed by atoms with Gasteiger partial charge in [-0.25, -0.2) is 4.98 Å². The lowest BCUT2D eigenvalue weighted by Gasteiger charge is -2.15. The third-order valence-electron chi connectivity index (χ3n) is 4.88. The van der Waals surface area contributed by atoms with E-state index in [-0.39, 0.29) is 11.9 Å². The molecule has 0 bridgehead atoms. The molecular weight excluding hydrogens is 398 g/mol. The molecule has 7 nitrogen and oxygen atoms in total. The maximum absolute atomic E-state index is 12.3. The molecule has 1 aromatic carbocycles. The number of aromatic nitrogens is 4. The number of nitrogens with one attached hydrogen (secondary N) is 1. The minimum atomic E-state index is -0.0655. The Labute approximate surface area is 178 Å². The van der Waals surface area contributed by atoms with E-state index in [0.717, 1.165) is 22.0 Å². The molecule has 4 aromatic rings. The normalized spacial score (nSPS) is 12.1. The number of imidazole rings is 1. The number of hydrogen-bond acceptors (Lipinski definition) is 6. The lowest BCUT2D eigenvalue weighted by atomic mass is 10.1. The Balaban J connectivity index is 1.25. The van der Waals surface area contributed by atoms with Crippen LogP contribution in [0.2, 0.25) is 0 Å².